The van der Waals surface area contributed by atoms with Crippen molar-refractivity contribution in [2.24, 2.45) is 0 Å². The summed E-state index contributed by atoms with van der Waals surface area (Å²) in [7, 11) is 0. The third-order valence-corrected chi connectivity index (χ3v) is 3.86. The van der Waals surface area contributed by atoms with E-state index in [1.807, 2.05) is 6.92 Å². The number of halogens is 1. The molecular weight excluding hydrogens is 265 g/mol. The Morgan fingerprint density at radius 2 is 1.62 bits per heavy atom. The lowest BCUT2D eigenvalue weighted by molar-refractivity contribution is 0.433. The number of aryl methyl sites for hydroxylation is 2. The highest BCUT2D eigenvalue weighted by Crippen LogP contribution is 2.28. The van der Waals surface area contributed by atoms with Crippen LogP contribution in [-0.2, 0) is 0 Å². The fourth-order valence-electron chi connectivity index (χ4n) is 2.66. The van der Waals surface area contributed by atoms with Gasteiger partial charge in [-0.3, -0.25) is 0 Å². The lowest BCUT2D eigenvalue weighted by Crippen LogP contribution is -2.23. The van der Waals surface area contributed by atoms with E-state index in [2.05, 4.69) is 44.3 Å². The topological polar surface area (TPSA) is 32.3 Å². The monoisotopic (exact) mass is 287 g/mol. The Morgan fingerprint density at radius 3 is 2.29 bits per heavy atom. The SMILES string of the molecule is Cc1ccc(C)c(C(C)NC(C)c2ccc(F)cc2O)c1. The summed E-state index contributed by atoms with van der Waals surface area (Å²) < 4.78 is 13.1. The predicted molar refractivity (Wildman–Crippen MR) is 83.9 cm³/mol. The van der Waals surface area contributed by atoms with Crippen LogP contribution in [0.5, 0.6) is 5.75 Å². The number of benzene rings is 2. The molecule has 112 valence electrons. The zero-order chi connectivity index (χ0) is 15.6. The van der Waals surface area contributed by atoms with Crippen LogP contribution in [0, 0.1) is 19.7 Å². The number of phenols is 1. The second kappa shape index (κ2) is 6.27. The van der Waals surface area contributed by atoms with Crippen LogP contribution in [0.1, 0.15) is 48.2 Å². The standard InChI is InChI=1S/C18H22FNO/c1-11-5-6-12(2)17(9-11)14(4)20-13(3)16-8-7-15(19)10-18(16)21/h5-10,13-14,20-21H,1-4H3. The van der Waals surface area contributed by atoms with Crippen molar-refractivity contribution in [3.63, 3.8) is 0 Å². The van der Waals surface area contributed by atoms with Gasteiger partial charge >= 0.3 is 0 Å². The average Bonchev–Trinajstić information content (AvgIpc) is 2.41. The summed E-state index contributed by atoms with van der Waals surface area (Å²) in [6.45, 7) is 8.23. The van der Waals surface area contributed by atoms with Gasteiger partial charge in [-0.25, -0.2) is 4.39 Å². The van der Waals surface area contributed by atoms with Gasteiger partial charge in [0.25, 0.3) is 0 Å². The molecule has 2 atom stereocenters. The molecule has 2 aromatic rings. The maximum Gasteiger partial charge on any atom is 0.126 e. The van der Waals surface area contributed by atoms with Crippen molar-refractivity contribution in [3.8, 4) is 5.75 Å². The molecule has 21 heavy (non-hydrogen) atoms. The van der Waals surface area contributed by atoms with E-state index in [-0.39, 0.29) is 17.8 Å². The number of phenolic OH excluding ortho intramolecular Hbond substituents is 1. The number of hydrogen-bond donors (Lipinski definition) is 2. The molecule has 0 saturated carbocycles. The summed E-state index contributed by atoms with van der Waals surface area (Å²) in [5.41, 5.74) is 4.40. The molecule has 0 bridgehead atoms. The smallest absolute Gasteiger partial charge is 0.126 e. The second-order valence-electron chi connectivity index (χ2n) is 5.67. The summed E-state index contributed by atoms with van der Waals surface area (Å²) in [5.74, 6) is -0.436. The zero-order valence-electron chi connectivity index (χ0n) is 12.9. The highest BCUT2D eigenvalue weighted by molar-refractivity contribution is 5.36. The van der Waals surface area contributed by atoms with Crippen molar-refractivity contribution >= 4 is 0 Å². The van der Waals surface area contributed by atoms with Crippen molar-refractivity contribution in [1.29, 1.82) is 0 Å². The molecule has 0 aromatic heterocycles. The van der Waals surface area contributed by atoms with Gasteiger partial charge in [0, 0.05) is 23.7 Å². The van der Waals surface area contributed by atoms with Gasteiger partial charge < -0.3 is 10.4 Å². The van der Waals surface area contributed by atoms with Crippen LogP contribution in [-0.4, -0.2) is 5.11 Å². The fraction of sp³-hybridized carbons (Fsp3) is 0.333. The van der Waals surface area contributed by atoms with Gasteiger partial charge in [-0.05, 0) is 44.9 Å². The molecule has 3 heteroatoms. The van der Waals surface area contributed by atoms with Crippen molar-refractivity contribution in [3.05, 3.63) is 64.5 Å². The molecule has 0 heterocycles. The van der Waals surface area contributed by atoms with Crippen molar-refractivity contribution < 1.29 is 9.50 Å². The summed E-state index contributed by atoms with van der Waals surface area (Å²) in [6.07, 6.45) is 0. The number of aromatic hydroxyl groups is 1. The van der Waals surface area contributed by atoms with E-state index in [1.54, 1.807) is 6.07 Å². The maximum atomic E-state index is 13.1. The lowest BCUT2D eigenvalue weighted by atomic mass is 9.98. The lowest BCUT2D eigenvalue weighted by Gasteiger charge is -2.23. The molecule has 2 unspecified atom stereocenters. The number of nitrogens with one attached hydrogen (secondary N) is 1. The normalized spacial score (nSPS) is 14.0. The van der Waals surface area contributed by atoms with Crippen LogP contribution in [0.3, 0.4) is 0 Å². The minimum atomic E-state index is -0.425. The Bertz CT molecular complexity index is 639. The maximum absolute atomic E-state index is 13.1. The van der Waals surface area contributed by atoms with Crippen LogP contribution >= 0.6 is 0 Å². The van der Waals surface area contributed by atoms with Gasteiger partial charge in [0.2, 0.25) is 0 Å². The van der Waals surface area contributed by atoms with Gasteiger partial charge in [-0.1, -0.05) is 29.8 Å². The van der Waals surface area contributed by atoms with Crippen LogP contribution in [0.2, 0.25) is 0 Å². The average molecular weight is 287 g/mol. The molecule has 2 rings (SSSR count). The van der Waals surface area contributed by atoms with Crippen molar-refractivity contribution in [2.75, 3.05) is 0 Å². The van der Waals surface area contributed by atoms with E-state index in [0.29, 0.717) is 5.56 Å². The Kier molecular flexibility index (Phi) is 4.63. The van der Waals surface area contributed by atoms with Crippen LogP contribution in [0.4, 0.5) is 4.39 Å². The second-order valence-corrected chi connectivity index (χ2v) is 5.67. The Hall–Kier alpha value is -1.87. The molecule has 0 aliphatic carbocycles. The molecule has 2 N–H and O–H groups in total. The highest BCUT2D eigenvalue weighted by atomic mass is 19.1. The van der Waals surface area contributed by atoms with Crippen molar-refractivity contribution in [2.45, 2.75) is 39.8 Å². The Balaban J connectivity index is 2.18. The number of hydrogen-bond acceptors (Lipinski definition) is 2. The van der Waals surface area contributed by atoms with Gasteiger partial charge in [-0.2, -0.15) is 0 Å². The van der Waals surface area contributed by atoms with Gasteiger partial charge in [0.1, 0.15) is 11.6 Å². The van der Waals surface area contributed by atoms with E-state index < -0.39 is 5.82 Å². The summed E-state index contributed by atoms with van der Waals surface area (Å²) in [4.78, 5) is 0. The van der Waals surface area contributed by atoms with Gasteiger partial charge in [0.05, 0.1) is 0 Å². The van der Waals surface area contributed by atoms with E-state index >= 15 is 0 Å². The summed E-state index contributed by atoms with van der Waals surface area (Å²) >= 11 is 0. The molecule has 0 aliphatic rings. The molecule has 0 radical (unpaired) electrons. The first-order valence-electron chi connectivity index (χ1n) is 7.20. The minimum Gasteiger partial charge on any atom is -0.508 e. The van der Waals surface area contributed by atoms with Crippen LogP contribution < -0.4 is 5.32 Å². The Labute approximate surface area is 125 Å². The van der Waals surface area contributed by atoms with E-state index in [4.69, 9.17) is 0 Å². The third kappa shape index (κ3) is 3.61. The zero-order valence-corrected chi connectivity index (χ0v) is 12.9. The van der Waals surface area contributed by atoms with Crippen LogP contribution in [0.15, 0.2) is 36.4 Å². The van der Waals surface area contributed by atoms with Crippen molar-refractivity contribution in [1.82, 2.24) is 5.32 Å². The molecule has 0 fully saturated rings. The van der Waals surface area contributed by atoms with Gasteiger partial charge in [-0.15, -0.1) is 0 Å². The first kappa shape index (κ1) is 15.5. The summed E-state index contributed by atoms with van der Waals surface area (Å²) in [6, 6.07) is 10.6. The molecule has 2 nitrogen and oxygen atoms in total. The fourth-order valence-corrected chi connectivity index (χ4v) is 2.66. The number of rotatable bonds is 4. The van der Waals surface area contributed by atoms with Crippen LogP contribution in [0.25, 0.3) is 0 Å². The first-order valence-corrected chi connectivity index (χ1v) is 7.20. The van der Waals surface area contributed by atoms with E-state index in [1.165, 1.54) is 22.8 Å². The molecule has 0 aliphatic heterocycles. The largest absolute Gasteiger partial charge is 0.508 e. The summed E-state index contributed by atoms with van der Waals surface area (Å²) in [5, 5.41) is 13.3. The third-order valence-electron chi connectivity index (χ3n) is 3.86. The predicted octanol–water partition coefficient (Wildman–Crippen LogP) is 4.56. The van der Waals surface area contributed by atoms with Gasteiger partial charge in [0.15, 0.2) is 0 Å². The molecular formula is C18H22FNO. The molecule has 0 saturated heterocycles. The first-order chi connectivity index (χ1) is 9.88. The molecule has 0 amide bonds. The van der Waals surface area contributed by atoms with E-state index in [9.17, 15) is 9.50 Å². The highest BCUT2D eigenvalue weighted by Gasteiger charge is 2.16. The van der Waals surface area contributed by atoms with E-state index in [0.717, 1.165) is 6.07 Å². The molecule has 2 aromatic carbocycles. The minimum absolute atomic E-state index is 0.0110. The quantitative estimate of drug-likeness (QED) is 0.864. The molecule has 0 spiro atoms. The Morgan fingerprint density at radius 1 is 0.952 bits per heavy atom.